The van der Waals surface area contributed by atoms with Gasteiger partial charge in [-0.1, -0.05) is 6.08 Å². The molecule has 0 saturated carbocycles. The molecule has 1 aromatic rings. The van der Waals surface area contributed by atoms with Crippen LogP contribution in [0.25, 0.3) is 0 Å². The first-order chi connectivity index (χ1) is 14.7. The number of ether oxygens (including phenoxy) is 2. The molecule has 2 aliphatic rings. The summed E-state index contributed by atoms with van der Waals surface area (Å²) in [4.78, 5) is 11.9. The third-order valence-corrected chi connectivity index (χ3v) is 6.90. The summed E-state index contributed by atoms with van der Waals surface area (Å²) in [5.41, 5.74) is -2.29. The van der Waals surface area contributed by atoms with E-state index < -0.39 is 39.8 Å². The molecule has 1 heterocycles. The number of nitrogens with one attached hydrogen (secondary N) is 1. The number of carbonyl (C=O) groups excluding carboxylic acids is 1. The lowest BCUT2D eigenvalue weighted by atomic mass is 10.0. The second kappa shape index (κ2) is 8.39. The highest BCUT2D eigenvalue weighted by Crippen LogP contribution is 2.34. The molecule has 1 N–H and O–H groups in total. The lowest BCUT2D eigenvalue weighted by Gasteiger charge is -2.38. The lowest BCUT2D eigenvalue weighted by molar-refractivity contribution is -0.243. The van der Waals surface area contributed by atoms with E-state index in [-0.39, 0.29) is 41.4 Å². The third-order valence-electron chi connectivity index (χ3n) is 5.08. The van der Waals surface area contributed by atoms with E-state index in [0.29, 0.717) is 13.8 Å². The van der Waals surface area contributed by atoms with Gasteiger partial charge in [0, 0.05) is 5.70 Å². The molecule has 1 aromatic carbocycles. The normalized spacial score (nSPS) is 19.6. The van der Waals surface area contributed by atoms with Crippen molar-refractivity contribution in [1.29, 1.82) is 0 Å². The molecule has 1 fully saturated rings. The van der Waals surface area contributed by atoms with Crippen LogP contribution < -0.4 is 5.32 Å². The van der Waals surface area contributed by atoms with E-state index in [1.54, 1.807) is 0 Å². The maximum absolute atomic E-state index is 13.6. The van der Waals surface area contributed by atoms with E-state index in [0.717, 1.165) is 16.4 Å². The molecule has 1 aliphatic carbocycles. The van der Waals surface area contributed by atoms with Crippen LogP contribution in [0.15, 0.2) is 46.6 Å². The molecule has 0 spiro atoms. The average molecular weight is 478 g/mol. The Bertz CT molecular complexity index is 1080. The molecule has 1 aliphatic heterocycles. The fraction of sp³-hybridized carbons (Fsp3) is 0.450. The van der Waals surface area contributed by atoms with Gasteiger partial charge in [-0.2, -0.15) is 13.2 Å². The average Bonchev–Trinajstić information content (AvgIpc) is 2.68. The molecule has 0 radical (unpaired) electrons. The number of carbonyl (C=O) groups is 1. The predicted octanol–water partition coefficient (Wildman–Crippen LogP) is 3.76. The van der Waals surface area contributed by atoms with Crippen molar-refractivity contribution in [2.24, 2.45) is 0 Å². The number of rotatable bonds is 4. The molecular formula is C20H22F4N2O5S. The SMILES string of the molecule is Cc1cc(S(=O)(=O)N2CCOC3CC=C(NC(=O)OC(C)(C)C(F)(F)F)C=C32)ccc1F. The van der Waals surface area contributed by atoms with Crippen molar-refractivity contribution in [2.45, 2.75) is 50.0 Å². The summed E-state index contributed by atoms with van der Waals surface area (Å²) < 4.78 is 90.0. The zero-order valence-electron chi connectivity index (χ0n) is 17.5. The highest BCUT2D eigenvalue weighted by molar-refractivity contribution is 7.89. The molecule has 3 rings (SSSR count). The Labute approximate surface area is 182 Å². The van der Waals surface area contributed by atoms with Crippen LogP contribution in [0, 0.1) is 12.7 Å². The van der Waals surface area contributed by atoms with Crippen molar-refractivity contribution < 1.29 is 40.2 Å². The van der Waals surface area contributed by atoms with Gasteiger partial charge in [0.05, 0.1) is 23.7 Å². The van der Waals surface area contributed by atoms with E-state index in [4.69, 9.17) is 4.74 Å². The number of sulfonamides is 1. The summed E-state index contributed by atoms with van der Waals surface area (Å²) in [5.74, 6) is -0.546. The maximum atomic E-state index is 13.6. The molecule has 1 unspecified atom stereocenters. The van der Waals surface area contributed by atoms with Crippen molar-refractivity contribution in [3.05, 3.63) is 53.1 Å². The van der Waals surface area contributed by atoms with Gasteiger partial charge in [-0.15, -0.1) is 0 Å². The number of halogens is 4. The van der Waals surface area contributed by atoms with Gasteiger partial charge in [0.1, 0.15) is 11.9 Å². The number of amides is 1. The van der Waals surface area contributed by atoms with Gasteiger partial charge in [0.25, 0.3) is 10.0 Å². The quantitative estimate of drug-likeness (QED) is 0.667. The lowest BCUT2D eigenvalue weighted by Crippen LogP contribution is -2.46. The first kappa shape index (κ1) is 24.1. The summed E-state index contributed by atoms with van der Waals surface area (Å²) in [6.07, 6.45) is -3.76. The van der Waals surface area contributed by atoms with E-state index in [9.17, 15) is 30.8 Å². The van der Waals surface area contributed by atoms with Crippen molar-refractivity contribution in [1.82, 2.24) is 9.62 Å². The predicted molar refractivity (Wildman–Crippen MR) is 105 cm³/mol. The van der Waals surface area contributed by atoms with Crippen LogP contribution >= 0.6 is 0 Å². The van der Waals surface area contributed by atoms with Gasteiger partial charge < -0.3 is 9.47 Å². The Kier molecular flexibility index (Phi) is 6.31. The van der Waals surface area contributed by atoms with E-state index in [1.165, 1.54) is 25.1 Å². The molecule has 1 amide bonds. The van der Waals surface area contributed by atoms with E-state index in [2.05, 4.69) is 10.1 Å². The minimum Gasteiger partial charge on any atom is -0.434 e. The molecule has 0 bridgehead atoms. The van der Waals surface area contributed by atoms with Gasteiger partial charge in [-0.25, -0.2) is 17.6 Å². The zero-order valence-corrected chi connectivity index (χ0v) is 18.3. The summed E-state index contributed by atoms with van der Waals surface area (Å²) in [5, 5.41) is 2.21. The monoisotopic (exact) mass is 478 g/mol. The number of hydrogen-bond donors (Lipinski definition) is 1. The number of allylic oxidation sites excluding steroid dienone is 1. The summed E-state index contributed by atoms with van der Waals surface area (Å²) in [6, 6.07) is 3.42. The second-order valence-corrected chi connectivity index (χ2v) is 9.70. The van der Waals surface area contributed by atoms with E-state index >= 15 is 0 Å². The van der Waals surface area contributed by atoms with Crippen molar-refractivity contribution in [2.75, 3.05) is 13.2 Å². The largest absolute Gasteiger partial charge is 0.434 e. The van der Waals surface area contributed by atoms with Crippen LogP contribution in [-0.4, -0.2) is 49.8 Å². The van der Waals surface area contributed by atoms with Gasteiger partial charge in [-0.3, -0.25) is 9.62 Å². The van der Waals surface area contributed by atoms with Crippen LogP contribution in [0.4, 0.5) is 22.4 Å². The summed E-state index contributed by atoms with van der Waals surface area (Å²) >= 11 is 0. The fourth-order valence-electron chi connectivity index (χ4n) is 3.14. The number of nitrogens with zero attached hydrogens (tertiary/aromatic N) is 1. The topological polar surface area (TPSA) is 84.9 Å². The van der Waals surface area contributed by atoms with Crippen LogP contribution in [0.2, 0.25) is 0 Å². The third kappa shape index (κ3) is 4.75. The first-order valence-electron chi connectivity index (χ1n) is 9.61. The molecule has 32 heavy (non-hydrogen) atoms. The standard InChI is InChI=1S/C20H22F4N2O5S/c1-12-10-14(5-6-15(12)21)32(28,29)26-8-9-30-17-7-4-13(11-16(17)26)25-18(27)31-19(2,3)20(22,23)24/h4-6,10-11,17H,7-9H2,1-3H3,(H,25,27). The number of morpholine rings is 1. The Balaban J connectivity index is 1.84. The molecule has 7 nitrogen and oxygen atoms in total. The smallest absolute Gasteiger partial charge is 0.427 e. The number of fused-ring (bicyclic) bond motifs is 1. The van der Waals surface area contributed by atoms with Crippen molar-refractivity contribution in [3.8, 4) is 0 Å². The number of benzene rings is 1. The Morgan fingerprint density at radius 3 is 2.59 bits per heavy atom. The highest BCUT2D eigenvalue weighted by Gasteiger charge is 2.51. The summed E-state index contributed by atoms with van der Waals surface area (Å²) in [6.45, 7) is 2.95. The second-order valence-electron chi connectivity index (χ2n) is 7.83. The molecule has 12 heteroatoms. The number of hydrogen-bond acceptors (Lipinski definition) is 5. The minimum atomic E-state index is -4.77. The van der Waals surface area contributed by atoms with Crippen LogP contribution in [-0.2, 0) is 19.5 Å². The van der Waals surface area contributed by atoms with Gasteiger partial charge >= 0.3 is 12.3 Å². The number of aryl methyl sites for hydroxylation is 1. The van der Waals surface area contributed by atoms with Crippen molar-refractivity contribution in [3.63, 3.8) is 0 Å². The fourth-order valence-corrected chi connectivity index (χ4v) is 4.73. The Hall–Kier alpha value is -2.60. The number of alkyl carbamates (subject to hydrolysis) is 1. The first-order valence-corrected chi connectivity index (χ1v) is 11.1. The molecule has 1 atom stereocenters. The zero-order chi connectivity index (χ0) is 23.9. The Morgan fingerprint density at radius 2 is 1.97 bits per heavy atom. The van der Waals surface area contributed by atoms with Crippen LogP contribution in [0.3, 0.4) is 0 Å². The highest BCUT2D eigenvalue weighted by atomic mass is 32.2. The van der Waals surface area contributed by atoms with Gasteiger partial charge in [-0.05, 0) is 57.0 Å². The molecule has 176 valence electrons. The van der Waals surface area contributed by atoms with Gasteiger partial charge in [0.15, 0.2) is 0 Å². The molecule has 1 saturated heterocycles. The van der Waals surface area contributed by atoms with Crippen molar-refractivity contribution >= 4 is 16.1 Å². The Morgan fingerprint density at radius 1 is 1.28 bits per heavy atom. The number of alkyl halides is 3. The molecular weight excluding hydrogens is 456 g/mol. The van der Waals surface area contributed by atoms with Crippen LogP contribution in [0.5, 0.6) is 0 Å². The maximum Gasteiger partial charge on any atom is 0.427 e. The van der Waals surface area contributed by atoms with Crippen LogP contribution in [0.1, 0.15) is 25.8 Å². The molecule has 0 aromatic heterocycles. The summed E-state index contributed by atoms with van der Waals surface area (Å²) in [7, 11) is -4.07. The minimum absolute atomic E-state index is 0.0279. The van der Waals surface area contributed by atoms with Gasteiger partial charge in [0.2, 0.25) is 5.60 Å². The van der Waals surface area contributed by atoms with E-state index in [1.807, 2.05) is 0 Å².